The second-order valence-electron chi connectivity index (χ2n) is 8.50. The molecule has 148 valence electrons. The molecule has 1 aromatic carbocycles. The summed E-state index contributed by atoms with van der Waals surface area (Å²) in [5, 5.41) is 0. The summed E-state index contributed by atoms with van der Waals surface area (Å²) in [5.41, 5.74) is -2.22. The molecule has 0 spiro atoms. The number of carbonyl (C=O) groups is 3. The van der Waals surface area contributed by atoms with Gasteiger partial charge in [0.15, 0.2) is 22.8 Å². The quantitative estimate of drug-likeness (QED) is 0.419. The molecule has 5 rings (SSSR count). The van der Waals surface area contributed by atoms with Crippen LogP contribution < -0.4 is 0 Å². The van der Waals surface area contributed by atoms with E-state index in [1.165, 1.54) is 0 Å². The summed E-state index contributed by atoms with van der Waals surface area (Å²) in [4.78, 5) is 41.5. The summed E-state index contributed by atoms with van der Waals surface area (Å²) in [7, 11) is 1.63. The first-order valence-corrected chi connectivity index (χ1v) is 10.4. The maximum atomic E-state index is 14.1. The molecule has 4 heteroatoms. The molecule has 0 N–H and O–H groups in total. The minimum absolute atomic E-state index is 0.0184. The Morgan fingerprint density at radius 1 is 1.21 bits per heavy atom. The Morgan fingerprint density at radius 3 is 2.54 bits per heavy atom. The summed E-state index contributed by atoms with van der Waals surface area (Å²) in [5.74, 6) is -0.823. The SMILES string of the molecule is CCC=C1C(=O)C2(C(=O)c3ccccc3)CC3CCC(CCC)(C2=O)C13OC. The van der Waals surface area contributed by atoms with Gasteiger partial charge >= 0.3 is 0 Å². The zero-order valence-electron chi connectivity index (χ0n) is 16.9. The molecule has 28 heavy (non-hydrogen) atoms. The van der Waals surface area contributed by atoms with Crippen molar-refractivity contribution in [1.82, 2.24) is 0 Å². The van der Waals surface area contributed by atoms with Crippen LogP contribution in [-0.2, 0) is 14.3 Å². The van der Waals surface area contributed by atoms with E-state index in [1.807, 2.05) is 19.1 Å². The van der Waals surface area contributed by atoms with E-state index in [4.69, 9.17) is 4.74 Å². The van der Waals surface area contributed by atoms with Gasteiger partial charge in [0.2, 0.25) is 0 Å². The Balaban J connectivity index is 2.00. The van der Waals surface area contributed by atoms with Gasteiger partial charge in [-0.25, -0.2) is 0 Å². The van der Waals surface area contributed by atoms with Gasteiger partial charge in [-0.1, -0.05) is 56.7 Å². The average Bonchev–Trinajstić information content (AvgIpc) is 2.97. The van der Waals surface area contributed by atoms with Crippen LogP contribution in [0.25, 0.3) is 0 Å². The second kappa shape index (κ2) is 6.48. The fourth-order valence-electron chi connectivity index (χ4n) is 6.58. The Labute approximate surface area is 166 Å². The van der Waals surface area contributed by atoms with Crippen LogP contribution in [0.5, 0.6) is 0 Å². The van der Waals surface area contributed by atoms with Gasteiger partial charge in [0.05, 0.1) is 5.41 Å². The van der Waals surface area contributed by atoms with E-state index in [0.717, 1.165) is 12.8 Å². The third kappa shape index (κ3) is 1.97. The first kappa shape index (κ1) is 19.3. The topological polar surface area (TPSA) is 60.4 Å². The number of carbonyl (C=O) groups excluding carboxylic acids is 3. The number of Topliss-reactive ketones (excluding diaryl/α,β-unsaturated/α-hetero) is 3. The zero-order chi connectivity index (χ0) is 20.2. The van der Waals surface area contributed by atoms with Crippen LogP contribution >= 0.6 is 0 Å². The van der Waals surface area contributed by atoms with Gasteiger partial charge in [0.25, 0.3) is 0 Å². The molecule has 4 unspecified atom stereocenters. The van der Waals surface area contributed by atoms with Gasteiger partial charge in [-0.2, -0.15) is 0 Å². The van der Waals surface area contributed by atoms with Crippen LogP contribution in [0, 0.1) is 16.7 Å². The lowest BCUT2D eigenvalue weighted by molar-refractivity contribution is -0.185. The minimum atomic E-state index is -1.58. The molecule has 0 aliphatic heterocycles. The number of ketones is 3. The third-order valence-electron chi connectivity index (χ3n) is 7.44. The molecule has 4 fully saturated rings. The first-order chi connectivity index (χ1) is 13.5. The molecule has 0 saturated heterocycles. The normalized spacial score (nSPS) is 37.7. The highest BCUT2D eigenvalue weighted by atomic mass is 16.5. The molecule has 0 radical (unpaired) electrons. The van der Waals surface area contributed by atoms with Crippen molar-refractivity contribution in [3.8, 4) is 0 Å². The Morgan fingerprint density at radius 2 is 1.93 bits per heavy atom. The third-order valence-corrected chi connectivity index (χ3v) is 7.44. The van der Waals surface area contributed by atoms with Crippen LogP contribution in [0.15, 0.2) is 42.0 Å². The number of benzene rings is 1. The molecular formula is C24H28O4. The van der Waals surface area contributed by atoms with Crippen LogP contribution in [0.3, 0.4) is 0 Å². The standard InChI is InChI=1S/C24H28O4/c1-4-9-18-20(26)23(19(25)16-10-7-6-8-11-16)15-17-12-14-22(13-5-2,21(23)27)24(17,18)28-3/h6-11,17H,4-5,12-15H2,1-3H3. The summed E-state index contributed by atoms with van der Waals surface area (Å²) in [6.45, 7) is 4.03. The molecule has 0 heterocycles. The van der Waals surface area contributed by atoms with Crippen LogP contribution in [0.2, 0.25) is 0 Å². The molecule has 4 saturated carbocycles. The van der Waals surface area contributed by atoms with Crippen molar-refractivity contribution in [3.05, 3.63) is 47.5 Å². The van der Waals surface area contributed by atoms with Gasteiger partial charge in [-0.3, -0.25) is 14.4 Å². The maximum absolute atomic E-state index is 14.1. The van der Waals surface area contributed by atoms with Crippen molar-refractivity contribution in [3.63, 3.8) is 0 Å². The monoisotopic (exact) mass is 380 g/mol. The summed E-state index contributed by atoms with van der Waals surface area (Å²) >= 11 is 0. The molecular weight excluding hydrogens is 352 g/mol. The van der Waals surface area contributed by atoms with Crippen molar-refractivity contribution < 1.29 is 19.1 Å². The molecule has 4 aliphatic carbocycles. The summed E-state index contributed by atoms with van der Waals surface area (Å²) in [6.07, 6.45) is 5.83. The van der Waals surface area contributed by atoms with Crippen LogP contribution in [0.1, 0.15) is 62.7 Å². The summed E-state index contributed by atoms with van der Waals surface area (Å²) < 4.78 is 6.12. The van der Waals surface area contributed by atoms with Crippen molar-refractivity contribution in [2.24, 2.45) is 16.7 Å². The lowest BCUT2D eigenvalue weighted by Crippen LogP contribution is -2.74. The number of hydrogen-bond donors (Lipinski definition) is 0. The largest absolute Gasteiger partial charge is 0.372 e. The lowest BCUT2D eigenvalue weighted by Gasteiger charge is -2.60. The number of allylic oxidation sites excluding steroid dienone is 1. The van der Waals surface area contributed by atoms with Gasteiger partial charge in [-0.05, 0) is 38.0 Å². The van der Waals surface area contributed by atoms with Gasteiger partial charge < -0.3 is 4.74 Å². The van der Waals surface area contributed by atoms with Gasteiger partial charge in [0.1, 0.15) is 5.60 Å². The number of rotatable bonds is 6. The van der Waals surface area contributed by atoms with E-state index in [2.05, 4.69) is 6.92 Å². The fraction of sp³-hybridized carbons (Fsp3) is 0.542. The Bertz CT molecular complexity index is 866. The zero-order valence-corrected chi connectivity index (χ0v) is 16.9. The molecule has 4 aliphatic rings. The van der Waals surface area contributed by atoms with Crippen LogP contribution in [-0.4, -0.2) is 30.1 Å². The smallest absolute Gasteiger partial charge is 0.184 e. The van der Waals surface area contributed by atoms with Gasteiger partial charge in [0, 0.05) is 18.2 Å². The van der Waals surface area contributed by atoms with E-state index in [9.17, 15) is 14.4 Å². The average molecular weight is 380 g/mol. The van der Waals surface area contributed by atoms with E-state index in [-0.39, 0.29) is 29.7 Å². The van der Waals surface area contributed by atoms with E-state index >= 15 is 0 Å². The molecule has 4 nitrogen and oxygen atoms in total. The highest BCUT2D eigenvalue weighted by Gasteiger charge is 2.81. The second-order valence-corrected chi connectivity index (χ2v) is 8.50. The molecule has 4 bridgehead atoms. The fourth-order valence-corrected chi connectivity index (χ4v) is 6.58. The predicted molar refractivity (Wildman–Crippen MR) is 106 cm³/mol. The van der Waals surface area contributed by atoms with E-state index in [0.29, 0.717) is 30.4 Å². The molecule has 4 atom stereocenters. The van der Waals surface area contributed by atoms with Gasteiger partial charge in [-0.15, -0.1) is 0 Å². The highest BCUT2D eigenvalue weighted by molar-refractivity contribution is 6.36. The summed E-state index contributed by atoms with van der Waals surface area (Å²) in [6, 6.07) is 8.82. The van der Waals surface area contributed by atoms with E-state index in [1.54, 1.807) is 31.4 Å². The van der Waals surface area contributed by atoms with Crippen molar-refractivity contribution in [2.75, 3.05) is 7.11 Å². The number of fused-ring (bicyclic) bond motifs is 1. The first-order valence-electron chi connectivity index (χ1n) is 10.4. The van der Waals surface area contributed by atoms with E-state index < -0.39 is 16.4 Å². The number of methoxy groups -OCH3 is 1. The Kier molecular flexibility index (Phi) is 4.46. The number of ether oxygens (including phenoxy) is 1. The minimum Gasteiger partial charge on any atom is -0.372 e. The molecule has 0 amide bonds. The van der Waals surface area contributed by atoms with Crippen molar-refractivity contribution >= 4 is 17.3 Å². The maximum Gasteiger partial charge on any atom is 0.184 e. The van der Waals surface area contributed by atoms with Crippen LogP contribution in [0.4, 0.5) is 0 Å². The van der Waals surface area contributed by atoms with Crippen molar-refractivity contribution in [1.29, 1.82) is 0 Å². The Hall–Kier alpha value is -2.07. The molecule has 0 aromatic heterocycles. The molecule has 1 aromatic rings. The van der Waals surface area contributed by atoms with Crippen molar-refractivity contribution in [2.45, 2.75) is 58.0 Å². The highest BCUT2D eigenvalue weighted by Crippen LogP contribution is 2.71. The predicted octanol–water partition coefficient (Wildman–Crippen LogP) is 4.33. The lowest BCUT2D eigenvalue weighted by atomic mass is 9.42. The number of hydrogen-bond acceptors (Lipinski definition) is 4.